The molecule has 1 heterocycles. The molecule has 3 N–H and O–H groups in total. The highest BCUT2D eigenvalue weighted by Gasteiger charge is 2.11. The molecule has 6 nitrogen and oxygen atoms in total. The maximum Gasteiger partial charge on any atom is 0.242 e. The number of carbonyl (C=O) groups excluding carboxylic acids is 1. The molecule has 1 aromatic rings. The van der Waals surface area contributed by atoms with Gasteiger partial charge in [-0.1, -0.05) is 13.3 Å². The molecule has 0 saturated heterocycles. The number of amides is 1. The molecule has 0 aliphatic rings. The number of methoxy groups -OCH3 is 1. The van der Waals surface area contributed by atoms with Crippen LogP contribution in [-0.4, -0.2) is 35.4 Å². The zero-order valence-electron chi connectivity index (χ0n) is 10.3. The summed E-state index contributed by atoms with van der Waals surface area (Å²) in [5, 5.41) is 6.87. The number of nitrogen functional groups attached to an aromatic ring is 1. The fourth-order valence-electron chi connectivity index (χ4n) is 1.63. The fraction of sp³-hybridized carbons (Fsp3) is 0.636. The van der Waals surface area contributed by atoms with Gasteiger partial charge in [-0.3, -0.25) is 9.48 Å². The smallest absolute Gasteiger partial charge is 0.242 e. The third-order valence-corrected chi connectivity index (χ3v) is 2.33. The Morgan fingerprint density at radius 1 is 1.71 bits per heavy atom. The number of nitrogens with zero attached hydrogens (tertiary/aromatic N) is 2. The Labute approximate surface area is 101 Å². The Morgan fingerprint density at radius 3 is 3.00 bits per heavy atom. The molecule has 1 unspecified atom stereocenters. The lowest BCUT2D eigenvalue weighted by atomic mass is 10.2. The van der Waals surface area contributed by atoms with Crippen molar-refractivity contribution in [3.8, 4) is 0 Å². The lowest BCUT2D eigenvalue weighted by Crippen LogP contribution is -2.39. The maximum absolute atomic E-state index is 11.7. The molecular formula is C11H20N4O2. The summed E-state index contributed by atoms with van der Waals surface area (Å²) in [6, 6.07) is 0.0606. The third-order valence-electron chi connectivity index (χ3n) is 2.33. The van der Waals surface area contributed by atoms with E-state index in [0.717, 1.165) is 12.8 Å². The second kappa shape index (κ2) is 6.90. The first kappa shape index (κ1) is 13.5. The van der Waals surface area contributed by atoms with Gasteiger partial charge in [-0.05, 0) is 6.42 Å². The molecule has 0 radical (unpaired) electrons. The summed E-state index contributed by atoms with van der Waals surface area (Å²) in [5.74, 6) is -0.0800. The van der Waals surface area contributed by atoms with Crippen molar-refractivity contribution in [3.05, 3.63) is 12.4 Å². The largest absolute Gasteiger partial charge is 0.396 e. The zero-order chi connectivity index (χ0) is 12.7. The van der Waals surface area contributed by atoms with Gasteiger partial charge in [0.25, 0.3) is 0 Å². The SMILES string of the molecule is CCCC(COC)NC(=O)Cn1cc(N)cn1. The molecule has 0 fully saturated rings. The van der Waals surface area contributed by atoms with Crippen LogP contribution in [0, 0.1) is 0 Å². The first-order chi connectivity index (χ1) is 8.15. The molecule has 0 bridgehead atoms. The lowest BCUT2D eigenvalue weighted by Gasteiger charge is -2.17. The summed E-state index contributed by atoms with van der Waals surface area (Å²) in [5.41, 5.74) is 6.07. The number of hydrogen-bond acceptors (Lipinski definition) is 4. The van der Waals surface area contributed by atoms with E-state index in [1.54, 1.807) is 13.3 Å². The quantitative estimate of drug-likeness (QED) is 0.722. The molecule has 96 valence electrons. The van der Waals surface area contributed by atoms with Crippen LogP contribution in [-0.2, 0) is 16.1 Å². The van der Waals surface area contributed by atoms with Crippen LogP contribution in [0.2, 0.25) is 0 Å². The van der Waals surface area contributed by atoms with Crippen LogP contribution in [0.5, 0.6) is 0 Å². The summed E-state index contributed by atoms with van der Waals surface area (Å²) < 4.78 is 6.57. The molecule has 1 amide bonds. The Morgan fingerprint density at radius 2 is 2.47 bits per heavy atom. The van der Waals surface area contributed by atoms with Crippen LogP contribution in [0.3, 0.4) is 0 Å². The van der Waals surface area contributed by atoms with E-state index in [4.69, 9.17) is 10.5 Å². The first-order valence-electron chi connectivity index (χ1n) is 5.72. The molecule has 1 rings (SSSR count). The van der Waals surface area contributed by atoms with Gasteiger partial charge >= 0.3 is 0 Å². The lowest BCUT2D eigenvalue weighted by molar-refractivity contribution is -0.123. The number of ether oxygens (including phenoxy) is 1. The number of nitrogens with two attached hydrogens (primary N) is 1. The van der Waals surface area contributed by atoms with Gasteiger partial charge in [0.2, 0.25) is 5.91 Å². The van der Waals surface area contributed by atoms with Gasteiger partial charge in [0.1, 0.15) is 6.54 Å². The second-order valence-electron chi connectivity index (χ2n) is 3.98. The van der Waals surface area contributed by atoms with Crippen LogP contribution in [0.25, 0.3) is 0 Å². The van der Waals surface area contributed by atoms with E-state index in [-0.39, 0.29) is 18.5 Å². The summed E-state index contributed by atoms with van der Waals surface area (Å²) in [6.45, 7) is 2.78. The zero-order valence-corrected chi connectivity index (χ0v) is 10.3. The molecular weight excluding hydrogens is 220 g/mol. The Hall–Kier alpha value is -1.56. The highest BCUT2D eigenvalue weighted by molar-refractivity contribution is 5.76. The van der Waals surface area contributed by atoms with Gasteiger partial charge < -0.3 is 15.8 Å². The van der Waals surface area contributed by atoms with Gasteiger partial charge in [0.05, 0.1) is 24.5 Å². The van der Waals surface area contributed by atoms with Crippen molar-refractivity contribution < 1.29 is 9.53 Å². The average Bonchev–Trinajstić information content (AvgIpc) is 2.64. The van der Waals surface area contributed by atoms with E-state index in [2.05, 4.69) is 17.3 Å². The van der Waals surface area contributed by atoms with Crippen LogP contribution < -0.4 is 11.1 Å². The molecule has 17 heavy (non-hydrogen) atoms. The van der Waals surface area contributed by atoms with Gasteiger partial charge in [0, 0.05) is 13.3 Å². The Kier molecular flexibility index (Phi) is 5.48. The van der Waals surface area contributed by atoms with E-state index in [1.165, 1.54) is 10.9 Å². The standard InChI is InChI=1S/C11H20N4O2/c1-3-4-10(8-17-2)14-11(16)7-15-6-9(12)5-13-15/h5-6,10H,3-4,7-8,12H2,1-2H3,(H,14,16). The molecule has 1 atom stereocenters. The fourth-order valence-corrected chi connectivity index (χ4v) is 1.63. The number of carbonyl (C=O) groups is 1. The topological polar surface area (TPSA) is 82.2 Å². The van der Waals surface area contributed by atoms with E-state index in [1.807, 2.05) is 0 Å². The van der Waals surface area contributed by atoms with Gasteiger partial charge in [-0.15, -0.1) is 0 Å². The molecule has 0 spiro atoms. The summed E-state index contributed by atoms with van der Waals surface area (Å²) >= 11 is 0. The predicted octanol–water partition coefficient (Wildman–Crippen LogP) is 0.397. The van der Waals surface area contributed by atoms with E-state index < -0.39 is 0 Å². The van der Waals surface area contributed by atoms with Crippen molar-refractivity contribution in [1.82, 2.24) is 15.1 Å². The predicted molar refractivity (Wildman–Crippen MR) is 65.4 cm³/mol. The number of nitrogens with one attached hydrogen (secondary N) is 1. The van der Waals surface area contributed by atoms with Crippen molar-refractivity contribution in [2.24, 2.45) is 0 Å². The van der Waals surface area contributed by atoms with Crippen molar-refractivity contribution >= 4 is 11.6 Å². The maximum atomic E-state index is 11.7. The summed E-state index contributed by atoms with van der Waals surface area (Å²) in [7, 11) is 1.63. The summed E-state index contributed by atoms with van der Waals surface area (Å²) in [6.07, 6.45) is 5.06. The minimum absolute atomic E-state index is 0.0606. The number of rotatable bonds is 7. The van der Waals surface area contributed by atoms with E-state index in [0.29, 0.717) is 12.3 Å². The molecule has 0 aliphatic heterocycles. The number of hydrogen-bond donors (Lipinski definition) is 2. The van der Waals surface area contributed by atoms with Gasteiger partial charge in [-0.2, -0.15) is 5.10 Å². The molecule has 6 heteroatoms. The normalized spacial score (nSPS) is 12.4. The third kappa shape index (κ3) is 4.86. The molecule has 0 saturated carbocycles. The average molecular weight is 240 g/mol. The minimum atomic E-state index is -0.0800. The molecule has 0 aliphatic carbocycles. The molecule has 1 aromatic heterocycles. The van der Waals surface area contributed by atoms with E-state index in [9.17, 15) is 4.79 Å². The second-order valence-corrected chi connectivity index (χ2v) is 3.98. The van der Waals surface area contributed by atoms with Crippen LogP contribution >= 0.6 is 0 Å². The minimum Gasteiger partial charge on any atom is -0.396 e. The van der Waals surface area contributed by atoms with Gasteiger partial charge in [0.15, 0.2) is 0 Å². The Balaban J connectivity index is 2.41. The molecule has 0 aromatic carbocycles. The van der Waals surface area contributed by atoms with Crippen molar-refractivity contribution in [1.29, 1.82) is 0 Å². The monoisotopic (exact) mass is 240 g/mol. The number of aromatic nitrogens is 2. The van der Waals surface area contributed by atoms with Crippen molar-refractivity contribution in [2.75, 3.05) is 19.5 Å². The van der Waals surface area contributed by atoms with Gasteiger partial charge in [-0.25, -0.2) is 0 Å². The van der Waals surface area contributed by atoms with Crippen molar-refractivity contribution in [3.63, 3.8) is 0 Å². The number of anilines is 1. The van der Waals surface area contributed by atoms with Crippen LogP contribution in [0.15, 0.2) is 12.4 Å². The van der Waals surface area contributed by atoms with Crippen molar-refractivity contribution in [2.45, 2.75) is 32.4 Å². The van der Waals surface area contributed by atoms with Crippen LogP contribution in [0.4, 0.5) is 5.69 Å². The van der Waals surface area contributed by atoms with Crippen LogP contribution in [0.1, 0.15) is 19.8 Å². The highest BCUT2D eigenvalue weighted by atomic mass is 16.5. The Bertz CT molecular complexity index is 345. The van der Waals surface area contributed by atoms with E-state index >= 15 is 0 Å². The highest BCUT2D eigenvalue weighted by Crippen LogP contribution is 1.99. The summed E-state index contributed by atoms with van der Waals surface area (Å²) in [4.78, 5) is 11.7. The first-order valence-corrected chi connectivity index (χ1v) is 5.72.